The van der Waals surface area contributed by atoms with E-state index in [0.29, 0.717) is 5.75 Å². The topological polar surface area (TPSA) is 58.1 Å². The summed E-state index contributed by atoms with van der Waals surface area (Å²) in [5, 5.41) is 10.7. The number of nitrogens with zero attached hydrogens (tertiary/aromatic N) is 3. The molecule has 1 aromatic heterocycles. The molecule has 5 nitrogen and oxygen atoms in total. The monoisotopic (exact) mass is 356 g/mol. The number of nitrogens with one attached hydrogen (secondary N) is 1. The van der Waals surface area contributed by atoms with Crippen molar-refractivity contribution in [2.24, 2.45) is 0 Å². The normalized spacial score (nSPS) is 10.4. The molecule has 0 aliphatic rings. The summed E-state index contributed by atoms with van der Waals surface area (Å²) in [6.45, 7) is 0. The number of carbonyl (C=O) groups is 1. The van der Waals surface area contributed by atoms with Gasteiger partial charge in [-0.2, -0.15) is 0 Å². The molecular formula is C17H16N4OS2. The van der Waals surface area contributed by atoms with Gasteiger partial charge in [-0.1, -0.05) is 53.4 Å². The van der Waals surface area contributed by atoms with Crippen molar-refractivity contribution in [1.82, 2.24) is 10.2 Å². The van der Waals surface area contributed by atoms with Crippen molar-refractivity contribution < 1.29 is 4.79 Å². The quantitative estimate of drug-likeness (QED) is 0.676. The van der Waals surface area contributed by atoms with E-state index in [9.17, 15) is 4.79 Å². The molecule has 0 spiro atoms. The van der Waals surface area contributed by atoms with Crippen LogP contribution in [0.3, 0.4) is 0 Å². The van der Waals surface area contributed by atoms with E-state index in [-0.39, 0.29) is 5.91 Å². The Hall–Kier alpha value is -2.38. The molecule has 0 fully saturated rings. The lowest BCUT2D eigenvalue weighted by Crippen LogP contribution is -2.18. The maximum Gasteiger partial charge on any atom is 0.234 e. The first-order chi connectivity index (χ1) is 11.7. The van der Waals surface area contributed by atoms with Crippen molar-refractivity contribution in [3.05, 3.63) is 60.1 Å². The largest absolute Gasteiger partial charge is 0.343 e. The van der Waals surface area contributed by atoms with Gasteiger partial charge in [0.05, 0.1) is 17.1 Å². The average Bonchev–Trinajstić information content (AvgIpc) is 3.14. The van der Waals surface area contributed by atoms with Gasteiger partial charge < -0.3 is 10.2 Å². The Morgan fingerprint density at radius 3 is 2.67 bits per heavy atom. The lowest BCUT2D eigenvalue weighted by atomic mass is 10.2. The van der Waals surface area contributed by atoms with E-state index in [4.69, 9.17) is 0 Å². The molecule has 1 amide bonds. The van der Waals surface area contributed by atoms with E-state index in [0.717, 1.165) is 21.4 Å². The molecule has 7 heteroatoms. The van der Waals surface area contributed by atoms with Crippen LogP contribution in [0.4, 0.5) is 17.1 Å². The maximum atomic E-state index is 12.2. The average molecular weight is 356 g/mol. The van der Waals surface area contributed by atoms with Gasteiger partial charge in [0, 0.05) is 12.7 Å². The molecule has 1 N–H and O–H groups in total. The standard InChI is InChI=1S/C17H16N4OS2/c1-21(13-7-3-2-4-8-13)15-10-6-5-9-14(15)19-16(22)11-23-17-20-18-12-24-17/h2-10,12H,11H2,1H3,(H,19,22). The summed E-state index contributed by atoms with van der Waals surface area (Å²) in [4.78, 5) is 14.3. The molecule has 1 heterocycles. The van der Waals surface area contributed by atoms with Crippen LogP contribution in [0.2, 0.25) is 0 Å². The minimum absolute atomic E-state index is 0.0656. The van der Waals surface area contributed by atoms with Gasteiger partial charge in [0.25, 0.3) is 0 Å². The zero-order valence-corrected chi connectivity index (χ0v) is 14.7. The fourth-order valence-electron chi connectivity index (χ4n) is 2.20. The lowest BCUT2D eigenvalue weighted by Gasteiger charge is -2.22. The molecule has 0 saturated heterocycles. The first-order valence-corrected chi connectivity index (χ1v) is 9.17. The van der Waals surface area contributed by atoms with Gasteiger partial charge in [0.15, 0.2) is 4.34 Å². The van der Waals surface area contributed by atoms with Gasteiger partial charge in [-0.3, -0.25) is 4.79 Å². The summed E-state index contributed by atoms with van der Waals surface area (Å²) in [5.74, 6) is 0.239. The number of rotatable bonds is 6. The Labute approximate surface area is 148 Å². The number of carbonyl (C=O) groups excluding carboxylic acids is 1. The zero-order chi connectivity index (χ0) is 16.8. The maximum absolute atomic E-state index is 12.2. The first kappa shape index (κ1) is 16.5. The van der Waals surface area contributed by atoms with Crippen molar-refractivity contribution >= 4 is 46.1 Å². The van der Waals surface area contributed by atoms with Gasteiger partial charge in [-0.05, 0) is 24.3 Å². The predicted octanol–water partition coefficient (Wildman–Crippen LogP) is 4.04. The second-order valence-corrected chi connectivity index (χ2v) is 7.01. The predicted molar refractivity (Wildman–Crippen MR) is 100 cm³/mol. The number of amides is 1. The second-order valence-electron chi connectivity index (χ2n) is 4.95. The lowest BCUT2D eigenvalue weighted by molar-refractivity contribution is -0.113. The van der Waals surface area contributed by atoms with Crippen LogP contribution in [0.1, 0.15) is 0 Å². The summed E-state index contributed by atoms with van der Waals surface area (Å²) >= 11 is 2.81. The number of aromatic nitrogens is 2. The molecule has 0 bridgehead atoms. The molecule has 2 aromatic carbocycles. The SMILES string of the molecule is CN(c1ccccc1)c1ccccc1NC(=O)CSc1nncs1. The number of hydrogen-bond acceptors (Lipinski definition) is 6. The second kappa shape index (κ2) is 7.94. The highest BCUT2D eigenvalue weighted by atomic mass is 32.2. The van der Waals surface area contributed by atoms with Crippen LogP contribution in [-0.2, 0) is 4.79 Å². The molecule has 0 aliphatic carbocycles. The molecule has 3 rings (SSSR count). The molecule has 0 aliphatic heterocycles. The van der Waals surface area contributed by atoms with Gasteiger partial charge in [-0.25, -0.2) is 0 Å². The summed E-state index contributed by atoms with van der Waals surface area (Å²) in [6, 6.07) is 17.8. The minimum atomic E-state index is -0.0656. The number of para-hydroxylation sites is 3. The van der Waals surface area contributed by atoms with E-state index >= 15 is 0 Å². The summed E-state index contributed by atoms with van der Waals surface area (Å²) < 4.78 is 0.792. The minimum Gasteiger partial charge on any atom is -0.343 e. The third kappa shape index (κ3) is 4.12. The van der Waals surface area contributed by atoms with Gasteiger partial charge in [0.2, 0.25) is 5.91 Å². The molecule has 122 valence electrons. The number of anilines is 3. The molecular weight excluding hydrogens is 340 g/mol. The van der Waals surface area contributed by atoms with Crippen LogP contribution in [0.25, 0.3) is 0 Å². The fourth-order valence-corrected chi connectivity index (χ4v) is 3.49. The summed E-state index contributed by atoms with van der Waals surface area (Å²) in [6.07, 6.45) is 0. The molecule has 24 heavy (non-hydrogen) atoms. The molecule has 3 aromatic rings. The zero-order valence-electron chi connectivity index (χ0n) is 13.0. The van der Waals surface area contributed by atoms with Crippen molar-refractivity contribution in [2.45, 2.75) is 4.34 Å². The Balaban J connectivity index is 1.71. The Bertz CT molecular complexity index is 793. The van der Waals surface area contributed by atoms with Crippen molar-refractivity contribution in [3.8, 4) is 0 Å². The van der Waals surface area contributed by atoms with Crippen LogP contribution >= 0.6 is 23.1 Å². The van der Waals surface area contributed by atoms with Gasteiger partial charge >= 0.3 is 0 Å². The van der Waals surface area contributed by atoms with Crippen LogP contribution in [-0.4, -0.2) is 28.9 Å². The van der Waals surface area contributed by atoms with Crippen LogP contribution in [0, 0.1) is 0 Å². The van der Waals surface area contributed by atoms with Crippen LogP contribution < -0.4 is 10.2 Å². The molecule has 0 atom stereocenters. The third-order valence-electron chi connectivity index (χ3n) is 3.35. The van der Waals surface area contributed by atoms with Gasteiger partial charge in [0.1, 0.15) is 5.51 Å². The number of thioether (sulfide) groups is 1. The van der Waals surface area contributed by atoms with E-state index in [1.165, 1.54) is 23.1 Å². The van der Waals surface area contributed by atoms with E-state index in [1.54, 1.807) is 5.51 Å². The van der Waals surface area contributed by atoms with E-state index in [2.05, 4.69) is 15.5 Å². The molecule has 0 unspecified atom stereocenters. The van der Waals surface area contributed by atoms with Gasteiger partial charge in [-0.15, -0.1) is 10.2 Å². The number of hydrogen-bond donors (Lipinski definition) is 1. The van der Waals surface area contributed by atoms with E-state index < -0.39 is 0 Å². The van der Waals surface area contributed by atoms with Crippen molar-refractivity contribution in [3.63, 3.8) is 0 Å². The highest BCUT2D eigenvalue weighted by molar-refractivity contribution is 8.01. The number of benzene rings is 2. The smallest absolute Gasteiger partial charge is 0.234 e. The summed E-state index contributed by atoms with van der Waals surface area (Å²) in [5.41, 5.74) is 4.44. The Morgan fingerprint density at radius 1 is 1.17 bits per heavy atom. The van der Waals surface area contributed by atoms with Crippen LogP contribution in [0.5, 0.6) is 0 Å². The van der Waals surface area contributed by atoms with E-state index in [1.807, 2.05) is 66.5 Å². The first-order valence-electron chi connectivity index (χ1n) is 7.30. The fraction of sp³-hybridized carbons (Fsp3) is 0.118. The summed E-state index contributed by atoms with van der Waals surface area (Å²) in [7, 11) is 1.98. The Morgan fingerprint density at radius 2 is 1.92 bits per heavy atom. The highest BCUT2D eigenvalue weighted by Gasteiger charge is 2.12. The third-order valence-corrected chi connectivity index (χ3v) is 5.21. The van der Waals surface area contributed by atoms with Crippen LogP contribution in [0.15, 0.2) is 64.4 Å². The van der Waals surface area contributed by atoms with Crippen molar-refractivity contribution in [1.29, 1.82) is 0 Å². The molecule has 0 saturated carbocycles. The Kier molecular flexibility index (Phi) is 5.45. The highest BCUT2D eigenvalue weighted by Crippen LogP contribution is 2.30. The van der Waals surface area contributed by atoms with Crippen molar-refractivity contribution in [2.75, 3.05) is 23.0 Å². The molecule has 0 radical (unpaired) electrons.